The Morgan fingerprint density at radius 2 is 2.00 bits per heavy atom. The molecule has 0 nitrogen and oxygen atoms in total. The van der Waals surface area contributed by atoms with Crippen molar-refractivity contribution in [2.45, 2.75) is 39.0 Å². The molecule has 0 fully saturated rings. The summed E-state index contributed by atoms with van der Waals surface area (Å²) in [4.78, 5) is 0. The summed E-state index contributed by atoms with van der Waals surface area (Å²) in [6.07, 6.45) is 8.58. The topological polar surface area (TPSA) is 0 Å². The molecule has 0 amide bonds. The Hall–Kier alpha value is 0.0900. The van der Waals surface area contributed by atoms with Crippen molar-refractivity contribution in [1.29, 1.82) is 0 Å². The van der Waals surface area contributed by atoms with Gasteiger partial charge in [-0.1, -0.05) is 44.8 Å². The normalized spacial score (nSPS) is 9.44. The predicted octanol–water partition coefficient (Wildman–Crippen LogP) is 3.16. The molecule has 53 valence electrons. The van der Waals surface area contributed by atoms with Crippen LogP contribution in [0.15, 0.2) is 0 Å². The molecule has 0 aromatic rings. The average Bonchev–Trinajstić information content (AvgIpc) is 1.89. The summed E-state index contributed by atoms with van der Waals surface area (Å²) in [5.74, 6) is 0. The van der Waals surface area contributed by atoms with E-state index in [-0.39, 0.29) is 0 Å². The van der Waals surface area contributed by atoms with E-state index in [2.05, 4.69) is 25.6 Å². The largest absolute Gasteiger partial charge is 0.0932 e. The Morgan fingerprint density at radius 3 is 2.56 bits per heavy atom. The summed E-state index contributed by atoms with van der Waals surface area (Å²) in [6, 6.07) is 0. The molecule has 0 saturated carbocycles. The molecule has 0 bridgehead atoms. The number of hydrogen-bond acceptors (Lipinski definition) is 1. The zero-order valence-electron chi connectivity index (χ0n) is 6.10. The minimum absolute atomic E-state index is 1.17. The van der Waals surface area contributed by atoms with Crippen LogP contribution < -0.4 is 0 Å². The summed E-state index contributed by atoms with van der Waals surface area (Å²) in [5.41, 5.74) is 0. The van der Waals surface area contributed by atoms with Gasteiger partial charge in [0.2, 0.25) is 0 Å². The molecular weight excluding hydrogens is 128 g/mol. The van der Waals surface area contributed by atoms with E-state index in [1.807, 2.05) is 0 Å². The maximum atomic E-state index is 4.65. The quantitative estimate of drug-likeness (QED) is 0.406. The third-order valence-corrected chi connectivity index (χ3v) is 1.51. The summed E-state index contributed by atoms with van der Waals surface area (Å²) < 4.78 is 0. The SMILES string of the molecule is CCCCCC[CH]C=S. The zero-order chi connectivity index (χ0) is 6.95. The lowest BCUT2D eigenvalue weighted by atomic mass is 10.1. The van der Waals surface area contributed by atoms with Gasteiger partial charge < -0.3 is 0 Å². The molecule has 0 aliphatic heterocycles. The van der Waals surface area contributed by atoms with Crippen molar-refractivity contribution < 1.29 is 0 Å². The van der Waals surface area contributed by atoms with Crippen LogP contribution >= 0.6 is 12.2 Å². The molecule has 1 radical (unpaired) electrons. The van der Waals surface area contributed by atoms with Gasteiger partial charge in [0.05, 0.1) is 0 Å². The van der Waals surface area contributed by atoms with Crippen LogP contribution in [0.3, 0.4) is 0 Å². The highest BCUT2D eigenvalue weighted by molar-refractivity contribution is 7.79. The van der Waals surface area contributed by atoms with Gasteiger partial charge in [-0.2, -0.15) is 0 Å². The second-order valence-electron chi connectivity index (χ2n) is 2.22. The molecule has 0 saturated heterocycles. The second-order valence-corrected chi connectivity index (χ2v) is 2.49. The minimum Gasteiger partial charge on any atom is -0.0932 e. The first kappa shape index (κ1) is 9.09. The number of hydrogen-bond donors (Lipinski definition) is 0. The predicted molar refractivity (Wildman–Crippen MR) is 46.7 cm³/mol. The number of thiocarbonyl (C=S) groups is 1. The second kappa shape index (κ2) is 8.09. The molecule has 9 heavy (non-hydrogen) atoms. The van der Waals surface area contributed by atoms with Gasteiger partial charge in [-0.15, -0.1) is 0 Å². The highest BCUT2D eigenvalue weighted by atomic mass is 32.1. The van der Waals surface area contributed by atoms with Crippen molar-refractivity contribution in [2.24, 2.45) is 0 Å². The van der Waals surface area contributed by atoms with Gasteiger partial charge in [-0.3, -0.25) is 0 Å². The van der Waals surface area contributed by atoms with E-state index in [1.165, 1.54) is 32.1 Å². The first-order chi connectivity index (χ1) is 4.41. The first-order valence-electron chi connectivity index (χ1n) is 3.68. The summed E-state index contributed by atoms with van der Waals surface area (Å²) in [6.45, 7) is 2.23. The van der Waals surface area contributed by atoms with Crippen LogP contribution in [0.25, 0.3) is 0 Å². The summed E-state index contributed by atoms with van der Waals surface area (Å²) >= 11 is 4.65. The van der Waals surface area contributed by atoms with Gasteiger partial charge in [0.1, 0.15) is 0 Å². The third-order valence-electron chi connectivity index (χ3n) is 1.32. The smallest absolute Gasteiger partial charge is 0.00574 e. The van der Waals surface area contributed by atoms with Crippen molar-refractivity contribution in [3.63, 3.8) is 0 Å². The van der Waals surface area contributed by atoms with E-state index in [0.29, 0.717) is 0 Å². The molecular formula is C8H15S. The fourth-order valence-electron chi connectivity index (χ4n) is 0.757. The van der Waals surface area contributed by atoms with Crippen LogP contribution in [0.2, 0.25) is 0 Å². The van der Waals surface area contributed by atoms with E-state index in [0.717, 1.165) is 0 Å². The highest BCUT2D eigenvalue weighted by Crippen LogP contribution is 2.02. The fourth-order valence-corrected chi connectivity index (χ4v) is 0.893. The fraction of sp³-hybridized carbons (Fsp3) is 0.750. The first-order valence-corrected chi connectivity index (χ1v) is 4.16. The molecule has 0 aromatic carbocycles. The van der Waals surface area contributed by atoms with Crippen molar-refractivity contribution in [3.05, 3.63) is 6.42 Å². The zero-order valence-corrected chi connectivity index (χ0v) is 6.91. The van der Waals surface area contributed by atoms with Crippen LogP contribution in [0.5, 0.6) is 0 Å². The van der Waals surface area contributed by atoms with Crippen molar-refractivity contribution in [2.75, 3.05) is 0 Å². The molecule has 0 aliphatic carbocycles. The number of rotatable bonds is 6. The summed E-state index contributed by atoms with van der Waals surface area (Å²) in [5, 5.41) is 1.71. The third kappa shape index (κ3) is 8.09. The Labute approximate surface area is 63.7 Å². The van der Waals surface area contributed by atoms with E-state index in [9.17, 15) is 0 Å². The summed E-state index contributed by atoms with van der Waals surface area (Å²) in [7, 11) is 0. The lowest BCUT2D eigenvalue weighted by molar-refractivity contribution is 0.669. The minimum atomic E-state index is 1.17. The van der Waals surface area contributed by atoms with Crippen LogP contribution in [0.4, 0.5) is 0 Å². The van der Waals surface area contributed by atoms with Gasteiger partial charge in [0.25, 0.3) is 0 Å². The van der Waals surface area contributed by atoms with E-state index < -0.39 is 0 Å². The Kier molecular flexibility index (Phi) is 8.17. The van der Waals surface area contributed by atoms with Crippen LogP contribution in [-0.4, -0.2) is 5.37 Å². The van der Waals surface area contributed by atoms with Gasteiger partial charge in [0.15, 0.2) is 0 Å². The van der Waals surface area contributed by atoms with E-state index >= 15 is 0 Å². The van der Waals surface area contributed by atoms with Gasteiger partial charge in [0, 0.05) is 0 Å². The molecule has 0 spiro atoms. The molecule has 0 atom stereocenters. The maximum Gasteiger partial charge on any atom is -0.00574 e. The van der Waals surface area contributed by atoms with Gasteiger partial charge in [-0.05, 0) is 18.2 Å². The van der Waals surface area contributed by atoms with Crippen molar-refractivity contribution in [3.8, 4) is 0 Å². The molecule has 0 unspecified atom stereocenters. The standard InChI is InChI=1S/C8H15S/c1-2-3-4-5-6-7-8-9/h7-8H,2-6H2,1H3. The van der Waals surface area contributed by atoms with Crippen LogP contribution in [-0.2, 0) is 0 Å². The van der Waals surface area contributed by atoms with Crippen molar-refractivity contribution in [1.82, 2.24) is 0 Å². The number of unbranched alkanes of at least 4 members (excludes halogenated alkanes) is 5. The van der Waals surface area contributed by atoms with Gasteiger partial charge >= 0.3 is 0 Å². The van der Waals surface area contributed by atoms with Gasteiger partial charge in [-0.25, -0.2) is 0 Å². The monoisotopic (exact) mass is 143 g/mol. The maximum absolute atomic E-state index is 4.65. The molecule has 0 rings (SSSR count). The van der Waals surface area contributed by atoms with Crippen LogP contribution in [0.1, 0.15) is 39.0 Å². The molecule has 0 heterocycles. The Bertz CT molecular complexity index is 59.6. The lowest BCUT2D eigenvalue weighted by Crippen LogP contribution is -1.78. The molecule has 0 aromatic heterocycles. The lowest BCUT2D eigenvalue weighted by Gasteiger charge is -1.93. The van der Waals surface area contributed by atoms with Crippen LogP contribution in [0, 0.1) is 6.42 Å². The molecule has 0 N–H and O–H groups in total. The van der Waals surface area contributed by atoms with E-state index in [1.54, 1.807) is 5.37 Å². The van der Waals surface area contributed by atoms with Crippen molar-refractivity contribution >= 4 is 17.6 Å². The molecule has 1 heteroatoms. The Morgan fingerprint density at radius 1 is 1.22 bits per heavy atom. The van der Waals surface area contributed by atoms with E-state index in [4.69, 9.17) is 0 Å². The molecule has 0 aliphatic rings. The Balaban J connectivity index is 2.66. The average molecular weight is 143 g/mol. The highest BCUT2D eigenvalue weighted by Gasteiger charge is 1.85.